The lowest BCUT2D eigenvalue weighted by molar-refractivity contribution is -0.128. The second-order valence-electron chi connectivity index (χ2n) is 5.82. The molecule has 1 saturated carbocycles. The van der Waals surface area contributed by atoms with Crippen LogP contribution in [0.1, 0.15) is 24.8 Å². The number of morpholine rings is 1. The zero-order chi connectivity index (χ0) is 14.7. The van der Waals surface area contributed by atoms with Gasteiger partial charge in [0.15, 0.2) is 0 Å². The number of carbonyl (C=O) groups is 1. The van der Waals surface area contributed by atoms with E-state index in [1.54, 1.807) is 0 Å². The number of hydrogen-bond donors (Lipinski definition) is 2. The van der Waals surface area contributed by atoms with E-state index in [0.29, 0.717) is 23.7 Å². The molecule has 1 amide bonds. The second kappa shape index (κ2) is 8.16. The van der Waals surface area contributed by atoms with Crippen LogP contribution in [0.15, 0.2) is 24.3 Å². The Morgan fingerprint density at radius 3 is 2.86 bits per heavy atom. The molecule has 0 spiro atoms. The quantitative estimate of drug-likeness (QED) is 0.885. The van der Waals surface area contributed by atoms with E-state index in [9.17, 15) is 4.79 Å². The van der Waals surface area contributed by atoms with Gasteiger partial charge in [-0.3, -0.25) is 4.79 Å². The lowest BCUT2D eigenvalue weighted by Gasteiger charge is -2.39. The summed E-state index contributed by atoms with van der Waals surface area (Å²) in [5.74, 6) is 0.239. The maximum absolute atomic E-state index is 12.3. The summed E-state index contributed by atoms with van der Waals surface area (Å²) in [7, 11) is 0. The number of rotatable bonds is 3. The van der Waals surface area contributed by atoms with E-state index in [-0.39, 0.29) is 24.2 Å². The van der Waals surface area contributed by atoms with Crippen LogP contribution < -0.4 is 10.6 Å². The highest BCUT2D eigenvalue weighted by molar-refractivity contribution is 6.30. The molecule has 1 aromatic rings. The Hall–Kier alpha value is -0.810. The van der Waals surface area contributed by atoms with Gasteiger partial charge in [-0.05, 0) is 37.0 Å². The smallest absolute Gasteiger partial charge is 0.223 e. The summed E-state index contributed by atoms with van der Waals surface area (Å²) in [6.45, 7) is 2.24. The van der Waals surface area contributed by atoms with Crippen LogP contribution >= 0.6 is 24.0 Å². The van der Waals surface area contributed by atoms with E-state index in [1.165, 1.54) is 0 Å². The lowest BCUT2D eigenvalue weighted by atomic mass is 9.82. The number of ether oxygens (including phenoxy) is 1. The molecule has 2 aliphatic rings. The van der Waals surface area contributed by atoms with Gasteiger partial charge in [0, 0.05) is 30.1 Å². The van der Waals surface area contributed by atoms with Gasteiger partial charge in [0.1, 0.15) is 0 Å². The molecule has 3 atom stereocenters. The monoisotopic (exact) mass is 344 g/mol. The number of halogens is 2. The molecule has 0 radical (unpaired) electrons. The van der Waals surface area contributed by atoms with Crippen LogP contribution in [0.4, 0.5) is 0 Å². The average Bonchev–Trinajstić information content (AvgIpc) is 2.53. The Balaban J connectivity index is 0.00000176. The zero-order valence-electron chi connectivity index (χ0n) is 12.4. The first-order valence-corrected chi connectivity index (χ1v) is 7.97. The molecule has 2 N–H and O–H groups in total. The van der Waals surface area contributed by atoms with Gasteiger partial charge in [-0.1, -0.05) is 23.7 Å². The Bertz CT molecular complexity index is 495. The van der Waals surface area contributed by atoms with Crippen LogP contribution in [-0.2, 0) is 16.1 Å². The maximum atomic E-state index is 12.3. The normalized spacial score (nSPS) is 27.4. The van der Waals surface area contributed by atoms with E-state index in [1.807, 2.05) is 24.3 Å². The van der Waals surface area contributed by atoms with E-state index >= 15 is 0 Å². The van der Waals surface area contributed by atoms with Crippen molar-refractivity contribution in [3.05, 3.63) is 34.9 Å². The number of benzene rings is 1. The fourth-order valence-electron chi connectivity index (χ4n) is 3.19. The van der Waals surface area contributed by atoms with Crippen molar-refractivity contribution >= 4 is 29.9 Å². The maximum Gasteiger partial charge on any atom is 0.223 e. The predicted octanol–water partition coefficient (Wildman–Crippen LogP) is 2.54. The van der Waals surface area contributed by atoms with Gasteiger partial charge in [0.25, 0.3) is 0 Å². The third-order valence-corrected chi connectivity index (χ3v) is 4.63. The van der Waals surface area contributed by atoms with Gasteiger partial charge in [0.05, 0.1) is 12.7 Å². The molecule has 1 aliphatic carbocycles. The summed E-state index contributed by atoms with van der Waals surface area (Å²) in [6.07, 6.45) is 3.04. The molecule has 1 aliphatic heterocycles. The topological polar surface area (TPSA) is 50.4 Å². The summed E-state index contributed by atoms with van der Waals surface area (Å²) >= 11 is 5.85. The second-order valence-corrected chi connectivity index (χ2v) is 6.26. The first kappa shape index (κ1) is 17.5. The van der Waals surface area contributed by atoms with Gasteiger partial charge >= 0.3 is 0 Å². The Morgan fingerprint density at radius 2 is 2.09 bits per heavy atom. The van der Waals surface area contributed by atoms with Crippen molar-refractivity contribution in [1.82, 2.24) is 10.6 Å². The summed E-state index contributed by atoms with van der Waals surface area (Å²) < 4.78 is 5.74. The third kappa shape index (κ3) is 4.35. The fourth-order valence-corrected chi connectivity index (χ4v) is 3.31. The van der Waals surface area contributed by atoms with Crippen molar-refractivity contribution in [3.8, 4) is 0 Å². The number of nitrogens with one attached hydrogen (secondary N) is 2. The third-order valence-electron chi connectivity index (χ3n) is 4.38. The van der Waals surface area contributed by atoms with Crippen molar-refractivity contribution < 1.29 is 9.53 Å². The van der Waals surface area contributed by atoms with Gasteiger partial charge in [-0.2, -0.15) is 0 Å². The van der Waals surface area contributed by atoms with Crippen LogP contribution in [0.25, 0.3) is 0 Å². The van der Waals surface area contributed by atoms with Gasteiger partial charge < -0.3 is 15.4 Å². The molecule has 1 aromatic carbocycles. The first-order valence-electron chi connectivity index (χ1n) is 7.59. The minimum atomic E-state index is 0. The van der Waals surface area contributed by atoms with Crippen LogP contribution in [0.5, 0.6) is 0 Å². The van der Waals surface area contributed by atoms with Crippen molar-refractivity contribution in [1.29, 1.82) is 0 Å². The molecular formula is C16H22Cl2N2O2. The summed E-state index contributed by atoms with van der Waals surface area (Å²) in [4.78, 5) is 12.3. The van der Waals surface area contributed by atoms with Gasteiger partial charge in [-0.15, -0.1) is 12.4 Å². The van der Waals surface area contributed by atoms with Crippen LogP contribution in [0.3, 0.4) is 0 Å². The minimum Gasteiger partial charge on any atom is -0.375 e. The molecule has 3 rings (SSSR count). The molecule has 0 unspecified atom stereocenters. The lowest BCUT2D eigenvalue weighted by Crippen LogP contribution is -2.53. The highest BCUT2D eigenvalue weighted by Crippen LogP contribution is 2.28. The Morgan fingerprint density at radius 1 is 1.32 bits per heavy atom. The SMILES string of the molecule is Cl.O=C(NCc1ccc(Cl)cc1)[C@H]1CC[C@H]2OCCN[C@@H]2C1. The molecule has 1 saturated heterocycles. The predicted molar refractivity (Wildman–Crippen MR) is 89.4 cm³/mol. The molecule has 22 heavy (non-hydrogen) atoms. The van der Waals surface area contributed by atoms with Crippen LogP contribution in [0, 0.1) is 5.92 Å². The summed E-state index contributed by atoms with van der Waals surface area (Å²) in [5.41, 5.74) is 1.07. The molecule has 0 aromatic heterocycles. The van der Waals surface area contributed by atoms with Crippen molar-refractivity contribution in [2.45, 2.75) is 38.0 Å². The highest BCUT2D eigenvalue weighted by Gasteiger charge is 2.35. The van der Waals surface area contributed by atoms with E-state index in [2.05, 4.69) is 10.6 Å². The van der Waals surface area contributed by atoms with Crippen LogP contribution in [0.2, 0.25) is 5.02 Å². The number of carbonyl (C=O) groups excluding carboxylic acids is 1. The largest absolute Gasteiger partial charge is 0.375 e. The average molecular weight is 345 g/mol. The highest BCUT2D eigenvalue weighted by atomic mass is 35.5. The molecule has 2 fully saturated rings. The molecule has 6 heteroatoms. The van der Waals surface area contributed by atoms with Crippen molar-refractivity contribution in [2.75, 3.05) is 13.2 Å². The van der Waals surface area contributed by atoms with Gasteiger partial charge in [0.2, 0.25) is 5.91 Å². The van der Waals surface area contributed by atoms with E-state index in [4.69, 9.17) is 16.3 Å². The molecule has 0 bridgehead atoms. The van der Waals surface area contributed by atoms with E-state index in [0.717, 1.165) is 38.0 Å². The zero-order valence-corrected chi connectivity index (χ0v) is 14.0. The van der Waals surface area contributed by atoms with E-state index < -0.39 is 0 Å². The molecule has 1 heterocycles. The Kier molecular flexibility index (Phi) is 6.50. The number of hydrogen-bond acceptors (Lipinski definition) is 3. The van der Waals surface area contributed by atoms with Crippen LogP contribution in [-0.4, -0.2) is 31.2 Å². The minimum absolute atomic E-state index is 0. The molecule has 122 valence electrons. The van der Waals surface area contributed by atoms with Gasteiger partial charge in [-0.25, -0.2) is 0 Å². The Labute approximate surface area is 142 Å². The molecule has 4 nitrogen and oxygen atoms in total. The number of amides is 1. The number of fused-ring (bicyclic) bond motifs is 1. The van der Waals surface area contributed by atoms with Crippen molar-refractivity contribution in [3.63, 3.8) is 0 Å². The first-order chi connectivity index (χ1) is 10.2. The summed E-state index contributed by atoms with van der Waals surface area (Å²) in [5, 5.41) is 7.21. The van der Waals surface area contributed by atoms with Crippen molar-refractivity contribution in [2.24, 2.45) is 5.92 Å². The standard InChI is InChI=1S/C16H21ClN2O2.ClH/c17-13-4-1-11(2-5-13)10-19-16(20)12-3-6-15-14(9-12)18-7-8-21-15;/h1-2,4-5,12,14-15,18H,3,6-10H2,(H,19,20);1H/t12-,14+,15+;/m0./s1. The summed E-state index contributed by atoms with van der Waals surface area (Å²) in [6, 6.07) is 7.90. The molecular weight excluding hydrogens is 323 g/mol. The fraction of sp³-hybridized carbons (Fsp3) is 0.562.